The van der Waals surface area contributed by atoms with Crippen molar-refractivity contribution in [3.63, 3.8) is 0 Å². The van der Waals surface area contributed by atoms with E-state index in [1.807, 2.05) is 18.2 Å². The summed E-state index contributed by atoms with van der Waals surface area (Å²) in [5.74, 6) is 0.0471. The Morgan fingerprint density at radius 2 is 2.25 bits per heavy atom. The second kappa shape index (κ2) is 6.17. The van der Waals surface area contributed by atoms with Crippen molar-refractivity contribution in [2.75, 3.05) is 0 Å². The fraction of sp³-hybridized carbons (Fsp3) is 0.333. The second-order valence-electron chi connectivity index (χ2n) is 3.47. The average molecular weight is 345 g/mol. The zero-order valence-electron chi connectivity index (χ0n) is 8.84. The first-order valence-electron chi connectivity index (χ1n) is 4.79. The summed E-state index contributed by atoms with van der Waals surface area (Å²) >= 11 is 6.74. The molecular formula is C12H11Br2NO. The number of hydrogen-bond acceptors (Lipinski definition) is 2. The molecule has 16 heavy (non-hydrogen) atoms. The van der Waals surface area contributed by atoms with Gasteiger partial charge in [-0.1, -0.05) is 50.1 Å². The number of nitrogens with zero attached hydrogens (tertiary/aromatic N) is 1. The zero-order valence-corrected chi connectivity index (χ0v) is 12.0. The number of rotatable bonds is 4. The summed E-state index contributed by atoms with van der Waals surface area (Å²) in [6.45, 7) is 1.54. The Hall–Kier alpha value is -0.660. The molecule has 0 aliphatic heterocycles. The predicted octanol–water partition coefficient (Wildman–Crippen LogP) is 3.67. The van der Waals surface area contributed by atoms with Crippen molar-refractivity contribution in [1.29, 1.82) is 5.26 Å². The molecule has 1 unspecified atom stereocenters. The minimum atomic E-state index is -0.324. The summed E-state index contributed by atoms with van der Waals surface area (Å²) < 4.78 is 0. The first-order valence-corrected chi connectivity index (χ1v) is 6.83. The Labute approximate surface area is 112 Å². The maximum atomic E-state index is 11.4. The quantitative estimate of drug-likeness (QED) is 0.782. The Balaban J connectivity index is 3.20. The normalized spacial score (nSPS) is 11.9. The molecule has 0 bridgehead atoms. The van der Waals surface area contributed by atoms with E-state index in [1.165, 1.54) is 6.92 Å². The minimum absolute atomic E-state index is 0.0471. The Morgan fingerprint density at radius 3 is 2.75 bits per heavy atom. The summed E-state index contributed by atoms with van der Waals surface area (Å²) in [7, 11) is 0. The molecule has 0 amide bonds. The third-order valence-electron chi connectivity index (χ3n) is 2.26. The van der Waals surface area contributed by atoms with E-state index in [0.717, 1.165) is 22.0 Å². The molecule has 1 aromatic carbocycles. The highest BCUT2D eigenvalue weighted by Gasteiger charge is 2.16. The van der Waals surface area contributed by atoms with Crippen molar-refractivity contribution in [2.45, 2.75) is 23.5 Å². The number of alkyl halides is 2. The predicted molar refractivity (Wildman–Crippen MR) is 70.7 cm³/mol. The van der Waals surface area contributed by atoms with Crippen LogP contribution in [-0.4, -0.2) is 5.78 Å². The fourth-order valence-electron chi connectivity index (χ4n) is 1.43. The molecule has 4 heteroatoms. The molecule has 2 nitrogen and oxygen atoms in total. The molecule has 0 radical (unpaired) electrons. The monoisotopic (exact) mass is 343 g/mol. The Bertz CT molecular complexity index is 437. The van der Waals surface area contributed by atoms with E-state index >= 15 is 0 Å². The van der Waals surface area contributed by atoms with E-state index in [9.17, 15) is 4.79 Å². The maximum absolute atomic E-state index is 11.4. The van der Waals surface area contributed by atoms with E-state index in [0.29, 0.717) is 6.42 Å². The Kier molecular flexibility index (Phi) is 5.17. The van der Waals surface area contributed by atoms with Gasteiger partial charge in [0.05, 0.1) is 17.3 Å². The lowest BCUT2D eigenvalue weighted by Crippen LogP contribution is -2.05. The van der Waals surface area contributed by atoms with Crippen LogP contribution in [0.15, 0.2) is 18.2 Å². The number of benzene rings is 1. The van der Waals surface area contributed by atoms with Gasteiger partial charge in [0.25, 0.3) is 0 Å². The van der Waals surface area contributed by atoms with E-state index < -0.39 is 0 Å². The number of ketones is 1. The molecule has 0 heterocycles. The Morgan fingerprint density at radius 1 is 1.56 bits per heavy atom. The maximum Gasteiger partial charge on any atom is 0.147 e. The van der Waals surface area contributed by atoms with Crippen LogP contribution < -0.4 is 0 Å². The standard InChI is InChI=1S/C12H11Br2NO/c1-8(16)12(14)11-6-9(7-13)2-3-10(11)4-5-15/h2-3,6,12H,4,7H2,1H3. The van der Waals surface area contributed by atoms with Gasteiger partial charge in [0, 0.05) is 5.33 Å². The van der Waals surface area contributed by atoms with Crippen LogP contribution in [0, 0.1) is 11.3 Å². The molecule has 0 aliphatic carbocycles. The van der Waals surface area contributed by atoms with E-state index in [2.05, 4.69) is 37.9 Å². The van der Waals surface area contributed by atoms with Gasteiger partial charge in [-0.3, -0.25) is 4.79 Å². The number of carbonyl (C=O) groups is 1. The first kappa shape index (κ1) is 13.4. The van der Waals surface area contributed by atoms with Crippen LogP contribution in [0.1, 0.15) is 28.4 Å². The lowest BCUT2D eigenvalue weighted by atomic mass is 9.98. The third-order valence-corrected chi connectivity index (χ3v) is 4.05. The molecule has 0 saturated carbocycles. The van der Waals surface area contributed by atoms with E-state index in [4.69, 9.17) is 5.26 Å². The molecule has 0 spiro atoms. The lowest BCUT2D eigenvalue weighted by Gasteiger charge is -2.12. The largest absolute Gasteiger partial charge is 0.298 e. The molecule has 0 fully saturated rings. The molecular weight excluding hydrogens is 334 g/mol. The van der Waals surface area contributed by atoms with Crippen molar-refractivity contribution in [3.05, 3.63) is 34.9 Å². The van der Waals surface area contributed by atoms with Gasteiger partial charge in [-0.05, 0) is 23.6 Å². The van der Waals surface area contributed by atoms with Crippen molar-refractivity contribution < 1.29 is 4.79 Å². The SMILES string of the molecule is CC(=O)C(Br)c1cc(CBr)ccc1CC#N. The highest BCUT2D eigenvalue weighted by molar-refractivity contribution is 9.09. The number of hydrogen-bond donors (Lipinski definition) is 0. The zero-order chi connectivity index (χ0) is 12.1. The average Bonchev–Trinajstić information content (AvgIpc) is 2.29. The molecule has 84 valence electrons. The molecule has 1 rings (SSSR count). The van der Waals surface area contributed by atoms with Gasteiger partial charge in [-0.15, -0.1) is 0 Å². The first-order chi connectivity index (χ1) is 7.60. The molecule has 0 saturated heterocycles. The highest BCUT2D eigenvalue weighted by Crippen LogP contribution is 2.28. The third kappa shape index (κ3) is 3.16. The number of halogens is 2. The van der Waals surface area contributed by atoms with Crippen LogP contribution in [0.5, 0.6) is 0 Å². The van der Waals surface area contributed by atoms with Crippen molar-refractivity contribution >= 4 is 37.6 Å². The summed E-state index contributed by atoms with van der Waals surface area (Å²) in [4.78, 5) is 11.0. The molecule has 1 atom stereocenters. The van der Waals surface area contributed by atoms with Crippen LogP contribution in [0.4, 0.5) is 0 Å². The minimum Gasteiger partial charge on any atom is -0.298 e. The molecule has 0 aliphatic rings. The molecule has 1 aromatic rings. The van der Waals surface area contributed by atoms with Crippen molar-refractivity contribution in [2.24, 2.45) is 0 Å². The highest BCUT2D eigenvalue weighted by atomic mass is 79.9. The van der Waals surface area contributed by atoms with Gasteiger partial charge in [-0.2, -0.15) is 5.26 Å². The van der Waals surface area contributed by atoms with Gasteiger partial charge in [0.1, 0.15) is 5.78 Å². The van der Waals surface area contributed by atoms with Gasteiger partial charge in [0.2, 0.25) is 0 Å². The molecule has 0 N–H and O–H groups in total. The van der Waals surface area contributed by atoms with E-state index in [1.54, 1.807) is 0 Å². The smallest absolute Gasteiger partial charge is 0.147 e. The van der Waals surface area contributed by atoms with Gasteiger partial charge >= 0.3 is 0 Å². The fourth-order valence-corrected chi connectivity index (χ4v) is 2.20. The van der Waals surface area contributed by atoms with Crippen LogP contribution in [-0.2, 0) is 16.5 Å². The summed E-state index contributed by atoms with van der Waals surface area (Å²) in [5, 5.41) is 9.47. The number of carbonyl (C=O) groups excluding carboxylic acids is 1. The second-order valence-corrected chi connectivity index (χ2v) is 4.95. The van der Waals surface area contributed by atoms with Crippen molar-refractivity contribution in [3.8, 4) is 6.07 Å². The summed E-state index contributed by atoms with van der Waals surface area (Å²) in [6, 6.07) is 7.94. The van der Waals surface area contributed by atoms with Gasteiger partial charge < -0.3 is 0 Å². The van der Waals surface area contributed by atoms with Gasteiger partial charge in [-0.25, -0.2) is 0 Å². The van der Waals surface area contributed by atoms with E-state index in [-0.39, 0.29) is 10.6 Å². The number of Topliss-reactive ketones (excluding diaryl/α,β-unsaturated/α-hetero) is 1. The van der Waals surface area contributed by atoms with Crippen LogP contribution in [0.2, 0.25) is 0 Å². The summed E-state index contributed by atoms with van der Waals surface area (Å²) in [5.41, 5.74) is 2.90. The lowest BCUT2D eigenvalue weighted by molar-refractivity contribution is -0.116. The molecule has 0 aromatic heterocycles. The topological polar surface area (TPSA) is 40.9 Å². The van der Waals surface area contributed by atoms with Crippen LogP contribution >= 0.6 is 31.9 Å². The van der Waals surface area contributed by atoms with Crippen LogP contribution in [0.25, 0.3) is 0 Å². The van der Waals surface area contributed by atoms with Crippen LogP contribution in [0.3, 0.4) is 0 Å². The summed E-state index contributed by atoms with van der Waals surface area (Å²) in [6.07, 6.45) is 0.327. The van der Waals surface area contributed by atoms with Crippen molar-refractivity contribution in [1.82, 2.24) is 0 Å². The number of nitriles is 1. The van der Waals surface area contributed by atoms with Gasteiger partial charge in [0.15, 0.2) is 0 Å².